The van der Waals surface area contributed by atoms with Gasteiger partial charge in [-0.3, -0.25) is 9.13 Å². The summed E-state index contributed by atoms with van der Waals surface area (Å²) in [6, 6.07) is 0. The lowest BCUT2D eigenvalue weighted by atomic mass is 10.1. The summed E-state index contributed by atoms with van der Waals surface area (Å²) in [4.78, 5) is 28.4. The summed E-state index contributed by atoms with van der Waals surface area (Å²) in [5.41, 5.74) is 12.4. The molecule has 5 rings (SSSR count). The van der Waals surface area contributed by atoms with Crippen LogP contribution in [0, 0.1) is 0 Å². The summed E-state index contributed by atoms with van der Waals surface area (Å²) >= 11 is 1.36. The molecular formula is C20H26N8O7S. The molecule has 194 valence electrons. The molecule has 0 amide bonds. The molecule has 2 fully saturated rings. The maximum Gasteiger partial charge on any atom is 0.351 e. The summed E-state index contributed by atoms with van der Waals surface area (Å²) in [5, 5.41) is 40.5. The Morgan fingerprint density at radius 3 is 2.61 bits per heavy atom. The monoisotopic (exact) mass is 522 g/mol. The number of nitrogen functional groups attached to an aromatic ring is 2. The molecule has 0 bridgehead atoms. The maximum absolute atomic E-state index is 12.3. The number of thioether (sulfide) groups is 1. The Morgan fingerprint density at radius 2 is 1.86 bits per heavy atom. The number of ether oxygens (including phenoxy) is 2. The van der Waals surface area contributed by atoms with Crippen LogP contribution in [0.1, 0.15) is 24.4 Å². The number of nitrogens with two attached hydrogens (primary N) is 2. The Bertz CT molecular complexity index is 1300. The van der Waals surface area contributed by atoms with Crippen LogP contribution < -0.4 is 17.2 Å². The first-order chi connectivity index (χ1) is 17.3. The van der Waals surface area contributed by atoms with Crippen LogP contribution in [0.4, 0.5) is 11.6 Å². The van der Waals surface area contributed by atoms with Crippen LogP contribution in [0.2, 0.25) is 0 Å². The van der Waals surface area contributed by atoms with Crippen molar-refractivity contribution in [2.45, 2.75) is 55.1 Å². The minimum Gasteiger partial charge on any atom is -0.394 e. The number of fused-ring (bicyclic) bond motifs is 1. The molecule has 0 spiro atoms. The molecule has 2 aliphatic rings. The van der Waals surface area contributed by atoms with E-state index in [0.717, 1.165) is 0 Å². The Hall–Kier alpha value is -2.86. The van der Waals surface area contributed by atoms with Gasteiger partial charge in [-0.1, -0.05) is 0 Å². The Kier molecular flexibility index (Phi) is 6.82. The van der Waals surface area contributed by atoms with Crippen LogP contribution in [-0.2, 0) is 15.2 Å². The summed E-state index contributed by atoms with van der Waals surface area (Å²) in [6.07, 6.45) is -2.17. The molecule has 8 N–H and O–H groups in total. The van der Waals surface area contributed by atoms with Crippen LogP contribution >= 0.6 is 11.8 Å². The molecule has 7 atom stereocenters. The van der Waals surface area contributed by atoms with Crippen molar-refractivity contribution >= 4 is 34.6 Å². The van der Waals surface area contributed by atoms with Crippen molar-refractivity contribution in [2.24, 2.45) is 0 Å². The minimum absolute atomic E-state index is 0.0500. The van der Waals surface area contributed by atoms with E-state index in [9.17, 15) is 25.2 Å². The van der Waals surface area contributed by atoms with Gasteiger partial charge >= 0.3 is 5.69 Å². The first-order valence-corrected chi connectivity index (χ1v) is 12.3. The number of aliphatic hydroxyl groups excluding tert-OH is 4. The zero-order valence-corrected chi connectivity index (χ0v) is 19.7. The molecule has 16 heteroatoms. The first kappa shape index (κ1) is 24.8. The van der Waals surface area contributed by atoms with E-state index in [-0.39, 0.29) is 24.7 Å². The number of rotatable bonds is 7. The predicted octanol–water partition coefficient (Wildman–Crippen LogP) is -2.26. The molecule has 0 saturated carbocycles. The summed E-state index contributed by atoms with van der Waals surface area (Å²) in [6.45, 7) is -0.372. The molecule has 5 heterocycles. The highest BCUT2D eigenvalue weighted by Crippen LogP contribution is 2.34. The smallest absolute Gasteiger partial charge is 0.351 e. The van der Waals surface area contributed by atoms with Gasteiger partial charge in [-0.2, -0.15) is 16.7 Å². The second kappa shape index (κ2) is 9.89. The van der Waals surface area contributed by atoms with E-state index in [0.29, 0.717) is 28.2 Å². The van der Waals surface area contributed by atoms with Gasteiger partial charge in [0.05, 0.1) is 25.1 Å². The predicted molar refractivity (Wildman–Crippen MR) is 126 cm³/mol. The average Bonchev–Trinajstić information content (AvgIpc) is 3.52. The van der Waals surface area contributed by atoms with Crippen molar-refractivity contribution in [1.29, 1.82) is 0 Å². The second-order valence-corrected chi connectivity index (χ2v) is 9.63. The highest BCUT2D eigenvalue weighted by atomic mass is 32.2. The van der Waals surface area contributed by atoms with Gasteiger partial charge in [0, 0.05) is 29.7 Å². The van der Waals surface area contributed by atoms with Crippen molar-refractivity contribution in [3.8, 4) is 0 Å². The molecular weight excluding hydrogens is 496 g/mol. The molecule has 2 saturated heterocycles. The lowest BCUT2D eigenvalue weighted by Crippen LogP contribution is -2.32. The molecule has 0 aliphatic carbocycles. The van der Waals surface area contributed by atoms with Crippen LogP contribution in [0.15, 0.2) is 23.6 Å². The van der Waals surface area contributed by atoms with Crippen LogP contribution in [0.25, 0.3) is 11.2 Å². The van der Waals surface area contributed by atoms with E-state index in [1.807, 2.05) is 0 Å². The highest BCUT2D eigenvalue weighted by molar-refractivity contribution is 7.98. The lowest BCUT2D eigenvalue weighted by molar-refractivity contribution is -0.0459. The van der Waals surface area contributed by atoms with Gasteiger partial charge in [0.1, 0.15) is 42.2 Å². The molecule has 15 nitrogen and oxygen atoms in total. The highest BCUT2D eigenvalue weighted by Gasteiger charge is 2.44. The SMILES string of the molecule is Nc1nc(=O)n([C@H]2C[C@H](O)[C@@H](CO)O2)cc1CSC[C@H]1O[C@@H](n2cnc3c(N)ncnc32)[C@H](O)[C@@H]1O. The third kappa shape index (κ3) is 4.40. The van der Waals surface area contributed by atoms with E-state index in [2.05, 4.69) is 19.9 Å². The summed E-state index contributed by atoms with van der Waals surface area (Å²) in [7, 11) is 0. The number of hydrogen-bond acceptors (Lipinski definition) is 14. The Balaban J connectivity index is 1.26. The molecule has 3 aromatic rings. The van der Waals surface area contributed by atoms with Crippen molar-refractivity contribution < 1.29 is 29.9 Å². The molecule has 0 unspecified atom stereocenters. The van der Waals surface area contributed by atoms with E-state index < -0.39 is 48.7 Å². The van der Waals surface area contributed by atoms with E-state index in [1.54, 1.807) is 0 Å². The zero-order chi connectivity index (χ0) is 25.6. The van der Waals surface area contributed by atoms with Gasteiger partial charge in [0.25, 0.3) is 0 Å². The third-order valence-electron chi connectivity index (χ3n) is 6.29. The van der Waals surface area contributed by atoms with Crippen molar-refractivity contribution in [2.75, 3.05) is 23.8 Å². The molecule has 36 heavy (non-hydrogen) atoms. The van der Waals surface area contributed by atoms with Crippen LogP contribution in [0.5, 0.6) is 0 Å². The van der Waals surface area contributed by atoms with Crippen molar-refractivity contribution in [3.05, 3.63) is 34.9 Å². The average molecular weight is 523 g/mol. The maximum atomic E-state index is 12.3. The minimum atomic E-state index is -1.23. The summed E-state index contributed by atoms with van der Waals surface area (Å²) < 4.78 is 14.2. The number of imidazole rings is 1. The fourth-order valence-electron chi connectivity index (χ4n) is 4.33. The van der Waals surface area contributed by atoms with Gasteiger partial charge < -0.3 is 41.4 Å². The normalized spacial score (nSPS) is 30.4. The lowest BCUT2D eigenvalue weighted by Gasteiger charge is -2.17. The quantitative estimate of drug-likeness (QED) is 0.192. The zero-order valence-electron chi connectivity index (χ0n) is 18.9. The van der Waals surface area contributed by atoms with Crippen LogP contribution in [-0.4, -0.2) is 92.4 Å². The first-order valence-electron chi connectivity index (χ1n) is 11.1. The standard InChI is InChI=1S/C20H26N8O7S/c21-16-8(2-27(20(33)26-16)12-1-9(30)10(3-29)34-12)4-36-5-11-14(31)15(32)19(35-11)28-7-25-13-17(22)23-6-24-18(13)28/h2,6-7,9-12,14-15,19,29-32H,1,3-5H2,(H2,21,26,33)(H2,22,23,24)/t9-,10+,11+,12+,14+,15+,19+/m0/s1. The van der Waals surface area contributed by atoms with Crippen LogP contribution in [0.3, 0.4) is 0 Å². The summed E-state index contributed by atoms with van der Waals surface area (Å²) in [5.74, 6) is 0.857. The number of aromatic nitrogens is 6. The van der Waals surface area contributed by atoms with Gasteiger partial charge in [0.15, 0.2) is 17.7 Å². The van der Waals surface area contributed by atoms with Gasteiger partial charge in [0.2, 0.25) is 0 Å². The van der Waals surface area contributed by atoms with E-state index in [4.69, 9.17) is 20.9 Å². The number of nitrogens with zero attached hydrogens (tertiary/aromatic N) is 6. The third-order valence-corrected chi connectivity index (χ3v) is 7.37. The van der Waals surface area contributed by atoms with Gasteiger partial charge in [-0.25, -0.2) is 19.7 Å². The largest absolute Gasteiger partial charge is 0.394 e. The molecule has 0 aromatic carbocycles. The Labute approximate surface area is 207 Å². The Morgan fingerprint density at radius 1 is 1.06 bits per heavy atom. The topological polar surface area (TPSA) is 230 Å². The molecule has 3 aromatic heterocycles. The van der Waals surface area contributed by atoms with Gasteiger partial charge in [-0.15, -0.1) is 0 Å². The fraction of sp³-hybridized carbons (Fsp3) is 0.550. The molecule has 0 radical (unpaired) electrons. The van der Waals surface area contributed by atoms with Crippen molar-refractivity contribution in [1.82, 2.24) is 29.1 Å². The number of aliphatic hydroxyl groups is 4. The number of hydrogen-bond donors (Lipinski definition) is 6. The molecule has 2 aliphatic heterocycles. The van der Waals surface area contributed by atoms with Crippen molar-refractivity contribution in [3.63, 3.8) is 0 Å². The van der Waals surface area contributed by atoms with Gasteiger partial charge in [-0.05, 0) is 0 Å². The van der Waals surface area contributed by atoms with E-state index in [1.165, 1.54) is 39.7 Å². The fourth-order valence-corrected chi connectivity index (χ4v) is 5.40. The number of anilines is 2. The second-order valence-electron chi connectivity index (χ2n) is 8.60. The van der Waals surface area contributed by atoms with E-state index >= 15 is 0 Å².